The average Bonchev–Trinajstić information content (AvgIpc) is 3.80. The molecular formula is C29H51N7O2. The fourth-order valence-corrected chi connectivity index (χ4v) is 8.43. The molecule has 7 aliphatic rings. The lowest BCUT2D eigenvalue weighted by Crippen LogP contribution is -2.67. The van der Waals surface area contributed by atoms with Crippen LogP contribution in [0, 0.1) is 22.7 Å². The molecule has 1 amide bonds. The van der Waals surface area contributed by atoms with Crippen molar-refractivity contribution in [3.05, 3.63) is 0 Å². The highest BCUT2D eigenvalue weighted by molar-refractivity contribution is 5.82. The lowest BCUT2D eigenvalue weighted by Gasteiger charge is -2.51. The third-order valence-corrected chi connectivity index (χ3v) is 11.7. The summed E-state index contributed by atoms with van der Waals surface area (Å²) in [6, 6.07) is 1.07. The summed E-state index contributed by atoms with van der Waals surface area (Å²) in [5, 5.41) is 11.2. The van der Waals surface area contributed by atoms with E-state index in [1.54, 1.807) is 0 Å². The van der Waals surface area contributed by atoms with E-state index in [1.165, 1.54) is 58.0 Å². The summed E-state index contributed by atoms with van der Waals surface area (Å²) >= 11 is 0. The van der Waals surface area contributed by atoms with Crippen LogP contribution >= 0.6 is 0 Å². The Morgan fingerprint density at radius 1 is 1.11 bits per heavy atom. The van der Waals surface area contributed by atoms with Crippen LogP contribution in [0.25, 0.3) is 0 Å². The zero-order chi connectivity index (χ0) is 25.9. The summed E-state index contributed by atoms with van der Waals surface area (Å²) in [4.78, 5) is 18.8. The summed E-state index contributed by atoms with van der Waals surface area (Å²) in [5.41, 5.74) is 7.61. The average molecular weight is 530 g/mol. The van der Waals surface area contributed by atoms with E-state index in [4.69, 9.17) is 4.74 Å². The number of carbonyl (C=O) groups excluding carboxylic acids is 1. The predicted molar refractivity (Wildman–Crippen MR) is 147 cm³/mol. The first-order valence-corrected chi connectivity index (χ1v) is 15.7. The lowest BCUT2D eigenvalue weighted by atomic mass is 9.64. The third-order valence-electron chi connectivity index (χ3n) is 11.7. The van der Waals surface area contributed by atoms with E-state index in [-0.39, 0.29) is 29.6 Å². The van der Waals surface area contributed by atoms with Crippen molar-refractivity contribution < 1.29 is 9.53 Å². The van der Waals surface area contributed by atoms with Gasteiger partial charge in [-0.15, -0.1) is 0 Å². The van der Waals surface area contributed by atoms with Gasteiger partial charge in [0.15, 0.2) is 0 Å². The minimum atomic E-state index is -0.0874. The number of carbonyl (C=O) groups is 1. The van der Waals surface area contributed by atoms with Gasteiger partial charge in [-0.3, -0.25) is 25.2 Å². The van der Waals surface area contributed by atoms with Gasteiger partial charge in [0.05, 0.1) is 38.3 Å². The first-order chi connectivity index (χ1) is 18.4. The van der Waals surface area contributed by atoms with Crippen molar-refractivity contribution in [2.24, 2.45) is 22.7 Å². The normalized spacial score (nSPS) is 41.6. The Hall–Kier alpha value is -0.810. The zero-order valence-corrected chi connectivity index (χ0v) is 23.6. The number of hydrogen-bond donors (Lipinski definition) is 5. The maximum atomic E-state index is 13.8. The molecule has 3 aliphatic carbocycles. The molecule has 214 valence electrons. The van der Waals surface area contributed by atoms with Crippen molar-refractivity contribution in [3.63, 3.8) is 0 Å². The first kappa shape index (κ1) is 26.1. The number of hydrazine groups is 1. The highest BCUT2D eigenvalue weighted by Gasteiger charge is 2.51. The molecule has 6 unspecified atom stereocenters. The zero-order valence-electron chi connectivity index (χ0n) is 23.6. The molecule has 9 nitrogen and oxygen atoms in total. The second-order valence-electron chi connectivity index (χ2n) is 14.4. The highest BCUT2D eigenvalue weighted by atomic mass is 16.5. The molecule has 7 rings (SSSR count). The van der Waals surface area contributed by atoms with Crippen LogP contribution in [0.4, 0.5) is 0 Å². The van der Waals surface area contributed by atoms with Crippen LogP contribution in [-0.4, -0.2) is 92.2 Å². The Labute approximate surface area is 228 Å². The SMILES string of the molecule is C[C@H](C1CC(C(=O)NC2CCCC(C3(CC4NNCN4C)COC3)C2)NC(C2CC2)N1)N1CCC2(CC2)C1. The van der Waals surface area contributed by atoms with Crippen LogP contribution in [0.1, 0.15) is 77.6 Å². The molecule has 4 saturated heterocycles. The van der Waals surface area contributed by atoms with Crippen LogP contribution in [0.5, 0.6) is 0 Å². The summed E-state index contributed by atoms with van der Waals surface area (Å²) < 4.78 is 5.81. The minimum absolute atomic E-state index is 0.0874. The van der Waals surface area contributed by atoms with Crippen molar-refractivity contribution in [3.8, 4) is 0 Å². The predicted octanol–water partition coefficient (Wildman–Crippen LogP) is 1.32. The van der Waals surface area contributed by atoms with Gasteiger partial charge in [0.1, 0.15) is 0 Å². The number of ether oxygens (including phenoxy) is 1. The molecule has 7 fully saturated rings. The summed E-state index contributed by atoms with van der Waals surface area (Å²) in [6.07, 6.45) is 14.1. The van der Waals surface area contributed by atoms with E-state index in [1.807, 2.05) is 0 Å². The molecule has 5 N–H and O–H groups in total. The van der Waals surface area contributed by atoms with Gasteiger partial charge in [-0.05, 0) is 102 Å². The summed E-state index contributed by atoms with van der Waals surface area (Å²) in [7, 11) is 2.18. The van der Waals surface area contributed by atoms with Gasteiger partial charge in [-0.1, -0.05) is 6.42 Å². The van der Waals surface area contributed by atoms with Gasteiger partial charge < -0.3 is 10.1 Å². The van der Waals surface area contributed by atoms with Crippen molar-refractivity contribution in [2.75, 3.05) is 40.0 Å². The van der Waals surface area contributed by atoms with Gasteiger partial charge in [0.25, 0.3) is 0 Å². The van der Waals surface area contributed by atoms with E-state index in [9.17, 15) is 4.79 Å². The molecule has 38 heavy (non-hydrogen) atoms. The van der Waals surface area contributed by atoms with Crippen molar-refractivity contribution >= 4 is 5.91 Å². The fraction of sp³-hybridized carbons (Fsp3) is 0.966. The van der Waals surface area contributed by atoms with Crippen molar-refractivity contribution in [1.29, 1.82) is 0 Å². The lowest BCUT2D eigenvalue weighted by molar-refractivity contribution is -0.166. The molecule has 0 radical (unpaired) electrons. The number of nitrogens with zero attached hydrogens (tertiary/aromatic N) is 2. The molecule has 1 spiro atoms. The first-order valence-electron chi connectivity index (χ1n) is 15.7. The Morgan fingerprint density at radius 3 is 2.61 bits per heavy atom. The summed E-state index contributed by atoms with van der Waals surface area (Å²) in [6.45, 7) is 7.51. The Balaban J connectivity index is 0.973. The second-order valence-corrected chi connectivity index (χ2v) is 14.4. The van der Waals surface area contributed by atoms with E-state index < -0.39 is 0 Å². The topological polar surface area (TPSA) is 92.9 Å². The smallest absolute Gasteiger partial charge is 0.237 e. The van der Waals surface area contributed by atoms with Gasteiger partial charge in [-0.25, -0.2) is 10.9 Å². The van der Waals surface area contributed by atoms with Gasteiger partial charge in [0, 0.05) is 30.1 Å². The molecule has 9 heteroatoms. The minimum Gasteiger partial charge on any atom is -0.380 e. The van der Waals surface area contributed by atoms with Crippen molar-refractivity contribution in [2.45, 2.75) is 114 Å². The van der Waals surface area contributed by atoms with E-state index in [2.05, 4.69) is 50.6 Å². The van der Waals surface area contributed by atoms with Crippen LogP contribution in [0.2, 0.25) is 0 Å². The Kier molecular flexibility index (Phi) is 7.03. The van der Waals surface area contributed by atoms with E-state index in [0.29, 0.717) is 35.5 Å². The maximum absolute atomic E-state index is 13.8. The second kappa shape index (κ2) is 10.2. The summed E-state index contributed by atoms with van der Waals surface area (Å²) in [5.74, 6) is 1.53. The molecule has 4 heterocycles. The van der Waals surface area contributed by atoms with Crippen LogP contribution in [0.15, 0.2) is 0 Å². The van der Waals surface area contributed by atoms with Crippen LogP contribution < -0.4 is 26.8 Å². The molecular weight excluding hydrogens is 478 g/mol. The molecule has 0 aromatic rings. The number of hydrogen-bond acceptors (Lipinski definition) is 8. The number of likely N-dealkylation sites (tertiary alicyclic amines) is 1. The molecule has 4 aliphatic heterocycles. The van der Waals surface area contributed by atoms with Gasteiger partial charge in [0.2, 0.25) is 5.91 Å². The number of rotatable bonds is 8. The third kappa shape index (κ3) is 5.17. The monoisotopic (exact) mass is 529 g/mol. The molecule has 0 aromatic carbocycles. The molecule has 7 atom stereocenters. The van der Waals surface area contributed by atoms with Crippen molar-refractivity contribution in [1.82, 2.24) is 36.6 Å². The number of amides is 1. The largest absolute Gasteiger partial charge is 0.380 e. The molecule has 0 aromatic heterocycles. The highest BCUT2D eigenvalue weighted by Crippen LogP contribution is 2.53. The maximum Gasteiger partial charge on any atom is 0.237 e. The van der Waals surface area contributed by atoms with Gasteiger partial charge >= 0.3 is 0 Å². The quantitative estimate of drug-likeness (QED) is 0.322. The van der Waals surface area contributed by atoms with E-state index >= 15 is 0 Å². The van der Waals surface area contributed by atoms with Gasteiger partial charge in [-0.2, -0.15) is 0 Å². The fourth-order valence-electron chi connectivity index (χ4n) is 8.43. The Bertz CT molecular complexity index is 875. The molecule has 3 saturated carbocycles. The molecule has 0 bridgehead atoms. The number of nitrogens with one attached hydrogen (secondary N) is 5. The Morgan fingerprint density at radius 2 is 1.95 bits per heavy atom. The van der Waals surface area contributed by atoms with Crippen LogP contribution in [-0.2, 0) is 9.53 Å². The van der Waals surface area contributed by atoms with E-state index in [0.717, 1.165) is 45.6 Å². The standard InChI is InChI=1S/C29H51N7O2/c1-19(36-11-10-28(15-36)8-9-28)23-13-24(33-26(32-23)20-6-7-20)27(37)31-22-5-3-4-21(12-22)29(16-38-17-29)14-25-34-30-18-35(25)2/h19-26,30,32-34H,3-18H2,1-2H3,(H,31,37)/t19-,21?,22?,23?,24?,25?,26?/m1/s1. The van der Waals surface area contributed by atoms with Crippen LogP contribution in [0.3, 0.4) is 0 Å².